The summed E-state index contributed by atoms with van der Waals surface area (Å²) in [5.41, 5.74) is 1.51. The Morgan fingerprint density at radius 2 is 2.20 bits per heavy atom. The van der Waals surface area contributed by atoms with E-state index in [-0.39, 0.29) is 5.88 Å². The van der Waals surface area contributed by atoms with Crippen molar-refractivity contribution in [3.8, 4) is 24.0 Å². The quantitative estimate of drug-likeness (QED) is 0.811. The zero-order valence-electron chi connectivity index (χ0n) is 11.1. The van der Waals surface area contributed by atoms with Gasteiger partial charge >= 0.3 is 0 Å². The molecule has 0 aliphatic carbocycles. The third kappa shape index (κ3) is 3.19. The van der Waals surface area contributed by atoms with Crippen molar-refractivity contribution >= 4 is 11.6 Å². The van der Waals surface area contributed by atoms with Gasteiger partial charge < -0.3 is 9.47 Å². The van der Waals surface area contributed by atoms with Crippen molar-refractivity contribution in [1.29, 1.82) is 0 Å². The van der Waals surface area contributed by atoms with E-state index in [2.05, 4.69) is 15.9 Å². The van der Waals surface area contributed by atoms with Crippen molar-refractivity contribution in [3.05, 3.63) is 46.9 Å². The van der Waals surface area contributed by atoms with E-state index in [1.54, 1.807) is 12.1 Å². The van der Waals surface area contributed by atoms with Gasteiger partial charge in [0.15, 0.2) is 5.75 Å². The fourth-order valence-corrected chi connectivity index (χ4v) is 1.79. The van der Waals surface area contributed by atoms with Crippen LogP contribution in [-0.2, 0) is 0 Å². The van der Waals surface area contributed by atoms with Crippen LogP contribution in [-0.4, -0.2) is 17.1 Å². The van der Waals surface area contributed by atoms with Crippen LogP contribution >= 0.6 is 11.6 Å². The minimum atomic E-state index is -0.641. The molecule has 20 heavy (non-hydrogen) atoms. The number of hydrogen-bond acceptors (Lipinski definition) is 4. The molecule has 0 bridgehead atoms. The molecule has 4 nitrogen and oxygen atoms in total. The molecule has 1 atom stereocenters. The summed E-state index contributed by atoms with van der Waals surface area (Å²) in [6.07, 6.45) is 6.34. The average Bonchev–Trinajstić information content (AvgIpc) is 2.45. The number of terminal acetylenes is 1. The van der Waals surface area contributed by atoms with Gasteiger partial charge in [-0.25, -0.2) is 4.98 Å². The van der Waals surface area contributed by atoms with Gasteiger partial charge in [0.2, 0.25) is 6.10 Å². The summed E-state index contributed by atoms with van der Waals surface area (Å²) in [6.45, 7) is 1.89. The van der Waals surface area contributed by atoms with Gasteiger partial charge in [-0.2, -0.15) is 0 Å². The summed E-state index contributed by atoms with van der Waals surface area (Å²) in [6, 6.07) is 7.18. The molecule has 2 aromatic rings. The number of hydrogen-bond donors (Lipinski definition) is 0. The van der Waals surface area contributed by atoms with E-state index in [0.29, 0.717) is 16.5 Å². The lowest BCUT2D eigenvalue weighted by atomic mass is 10.2. The number of methoxy groups -OCH3 is 1. The molecular formula is C15H13ClN2O2. The van der Waals surface area contributed by atoms with Crippen LogP contribution in [0.4, 0.5) is 0 Å². The molecule has 0 saturated heterocycles. The van der Waals surface area contributed by atoms with E-state index >= 15 is 0 Å². The fourth-order valence-electron chi connectivity index (χ4n) is 1.64. The molecule has 1 unspecified atom stereocenters. The van der Waals surface area contributed by atoms with Gasteiger partial charge in [0.25, 0.3) is 5.88 Å². The highest BCUT2D eigenvalue weighted by Crippen LogP contribution is 2.30. The molecule has 2 heterocycles. The number of pyridine rings is 2. The normalized spacial score (nSPS) is 11.5. The van der Waals surface area contributed by atoms with Gasteiger partial charge in [-0.05, 0) is 19.1 Å². The molecular weight excluding hydrogens is 276 g/mol. The van der Waals surface area contributed by atoms with Crippen LogP contribution in [0.2, 0.25) is 5.02 Å². The Bertz CT molecular complexity index is 653. The minimum absolute atomic E-state index is 0.281. The summed E-state index contributed by atoms with van der Waals surface area (Å²) in [5, 5.41) is 0.458. The van der Waals surface area contributed by atoms with Crippen LogP contribution in [0.5, 0.6) is 11.6 Å². The molecule has 0 spiro atoms. The maximum absolute atomic E-state index is 5.85. The predicted molar refractivity (Wildman–Crippen MR) is 77.0 cm³/mol. The first kappa shape index (κ1) is 14.2. The lowest BCUT2D eigenvalue weighted by Gasteiger charge is -2.15. The third-order valence-electron chi connectivity index (χ3n) is 2.56. The van der Waals surface area contributed by atoms with E-state index in [1.807, 2.05) is 19.1 Å². The Morgan fingerprint density at radius 1 is 1.40 bits per heavy atom. The summed E-state index contributed by atoms with van der Waals surface area (Å²) in [7, 11) is 1.51. The molecule has 0 radical (unpaired) electrons. The third-order valence-corrected chi connectivity index (χ3v) is 2.77. The van der Waals surface area contributed by atoms with Crippen LogP contribution in [0.25, 0.3) is 0 Å². The van der Waals surface area contributed by atoms with E-state index < -0.39 is 6.10 Å². The predicted octanol–water partition coefficient (Wildman–Crippen LogP) is 3.20. The van der Waals surface area contributed by atoms with Crippen LogP contribution in [0, 0.1) is 19.3 Å². The zero-order valence-corrected chi connectivity index (χ0v) is 11.9. The van der Waals surface area contributed by atoms with Gasteiger partial charge in [0, 0.05) is 18.0 Å². The lowest BCUT2D eigenvalue weighted by Crippen LogP contribution is -2.09. The molecule has 0 amide bonds. The van der Waals surface area contributed by atoms with Gasteiger partial charge in [-0.15, -0.1) is 6.42 Å². The van der Waals surface area contributed by atoms with Crippen LogP contribution < -0.4 is 9.47 Å². The van der Waals surface area contributed by atoms with E-state index in [1.165, 1.54) is 13.3 Å². The van der Waals surface area contributed by atoms with Crippen molar-refractivity contribution in [2.24, 2.45) is 0 Å². The van der Waals surface area contributed by atoms with Crippen LogP contribution in [0.1, 0.15) is 17.5 Å². The van der Waals surface area contributed by atoms with Gasteiger partial charge in [0.05, 0.1) is 17.8 Å². The van der Waals surface area contributed by atoms with Crippen molar-refractivity contribution in [2.45, 2.75) is 13.0 Å². The molecule has 2 rings (SSSR count). The molecule has 102 valence electrons. The Balaban J connectivity index is 2.30. The highest BCUT2D eigenvalue weighted by Gasteiger charge is 2.16. The maximum Gasteiger partial charge on any atom is 0.258 e. The maximum atomic E-state index is 5.85. The Morgan fingerprint density at radius 3 is 2.85 bits per heavy atom. The number of nitrogens with zero attached hydrogens (tertiary/aromatic N) is 2. The molecule has 0 aromatic carbocycles. The molecule has 0 fully saturated rings. The Labute approximate surface area is 122 Å². The number of rotatable bonds is 4. The SMILES string of the molecule is C#CC(Oc1ncc(Cl)cc1OC)c1cccc(C)n1. The number of ether oxygens (including phenoxy) is 2. The van der Waals surface area contributed by atoms with E-state index in [9.17, 15) is 0 Å². The first-order valence-electron chi connectivity index (χ1n) is 5.90. The van der Waals surface area contributed by atoms with E-state index in [0.717, 1.165) is 5.69 Å². The second kappa shape index (κ2) is 6.27. The summed E-state index contributed by atoms with van der Waals surface area (Å²) in [5.74, 6) is 3.25. The average molecular weight is 289 g/mol. The van der Waals surface area contributed by atoms with Gasteiger partial charge in [-0.1, -0.05) is 23.6 Å². The summed E-state index contributed by atoms with van der Waals surface area (Å²) >= 11 is 5.85. The van der Waals surface area contributed by atoms with E-state index in [4.69, 9.17) is 27.5 Å². The van der Waals surface area contributed by atoms with Crippen molar-refractivity contribution in [1.82, 2.24) is 9.97 Å². The number of aromatic nitrogens is 2. The molecule has 0 saturated carbocycles. The highest BCUT2D eigenvalue weighted by molar-refractivity contribution is 6.30. The second-order valence-corrected chi connectivity index (χ2v) is 4.47. The fraction of sp³-hybridized carbons (Fsp3) is 0.200. The highest BCUT2D eigenvalue weighted by atomic mass is 35.5. The summed E-state index contributed by atoms with van der Waals surface area (Å²) in [4.78, 5) is 8.43. The zero-order chi connectivity index (χ0) is 14.5. The molecule has 0 aliphatic heterocycles. The van der Waals surface area contributed by atoms with Gasteiger partial charge in [0.1, 0.15) is 0 Å². The second-order valence-electron chi connectivity index (χ2n) is 4.03. The standard InChI is InChI=1S/C15H13ClN2O2/c1-4-13(12-7-5-6-10(2)18-12)20-15-14(19-3)8-11(16)9-17-15/h1,5-9,13H,2-3H3. The van der Waals surface area contributed by atoms with Crippen molar-refractivity contribution < 1.29 is 9.47 Å². The lowest BCUT2D eigenvalue weighted by molar-refractivity contribution is 0.234. The van der Waals surface area contributed by atoms with Crippen molar-refractivity contribution in [2.75, 3.05) is 7.11 Å². The molecule has 0 aliphatic rings. The molecule has 2 aromatic heterocycles. The minimum Gasteiger partial charge on any atom is -0.491 e. The van der Waals surface area contributed by atoms with Crippen LogP contribution in [0.15, 0.2) is 30.5 Å². The summed E-state index contributed by atoms with van der Waals surface area (Å²) < 4.78 is 10.9. The largest absolute Gasteiger partial charge is 0.491 e. The number of aryl methyl sites for hydroxylation is 1. The Hall–Kier alpha value is -2.25. The van der Waals surface area contributed by atoms with Crippen LogP contribution in [0.3, 0.4) is 0 Å². The molecule has 0 N–H and O–H groups in total. The smallest absolute Gasteiger partial charge is 0.258 e. The first-order chi connectivity index (χ1) is 9.63. The number of halogens is 1. The van der Waals surface area contributed by atoms with Crippen molar-refractivity contribution in [3.63, 3.8) is 0 Å². The topological polar surface area (TPSA) is 44.2 Å². The van der Waals surface area contributed by atoms with Gasteiger partial charge in [-0.3, -0.25) is 4.98 Å². The molecule has 5 heteroatoms. The first-order valence-corrected chi connectivity index (χ1v) is 6.27. The monoisotopic (exact) mass is 288 g/mol. The Kier molecular flexibility index (Phi) is 4.44.